The lowest BCUT2D eigenvalue weighted by Gasteiger charge is -1.84. The molecule has 0 saturated carbocycles. The molecular formula is C7H5BrO3. The summed E-state index contributed by atoms with van der Waals surface area (Å²) < 4.78 is 5.40. The highest BCUT2D eigenvalue weighted by molar-refractivity contribution is 9.10. The van der Waals surface area contributed by atoms with Crippen LogP contribution >= 0.6 is 15.9 Å². The first-order valence-corrected chi connectivity index (χ1v) is 3.64. The fraction of sp³-hybridized carbons (Fsp3) is 0. The summed E-state index contributed by atoms with van der Waals surface area (Å²) in [5.41, 5.74) is 0. The Morgan fingerprint density at radius 1 is 1.64 bits per heavy atom. The molecular weight excluding hydrogens is 212 g/mol. The molecule has 58 valence electrons. The van der Waals surface area contributed by atoms with Crippen LogP contribution < -0.4 is 0 Å². The first-order chi connectivity index (χ1) is 5.24. The van der Waals surface area contributed by atoms with Crippen LogP contribution in [-0.2, 0) is 0 Å². The molecule has 0 aliphatic carbocycles. The van der Waals surface area contributed by atoms with E-state index in [9.17, 15) is 4.79 Å². The molecule has 0 saturated heterocycles. The number of aliphatic hydroxyl groups is 1. The van der Waals surface area contributed by atoms with Crippen LogP contribution in [0.15, 0.2) is 33.6 Å². The highest BCUT2D eigenvalue weighted by Gasteiger charge is 2.05. The van der Waals surface area contributed by atoms with Crippen molar-refractivity contribution in [3.8, 4) is 0 Å². The third-order valence-electron chi connectivity index (χ3n) is 1.04. The van der Waals surface area contributed by atoms with Crippen molar-refractivity contribution in [1.29, 1.82) is 0 Å². The van der Waals surface area contributed by atoms with E-state index >= 15 is 0 Å². The Morgan fingerprint density at radius 2 is 2.36 bits per heavy atom. The lowest BCUT2D eigenvalue weighted by molar-refractivity contribution is 0.101. The van der Waals surface area contributed by atoms with E-state index in [0.717, 1.165) is 6.08 Å². The highest BCUT2D eigenvalue weighted by atomic mass is 79.9. The number of hydrogen-bond donors (Lipinski definition) is 1. The number of furan rings is 1. The molecule has 0 spiro atoms. The van der Waals surface area contributed by atoms with Gasteiger partial charge in [-0.2, -0.15) is 0 Å². The number of hydrogen-bond acceptors (Lipinski definition) is 3. The van der Waals surface area contributed by atoms with Gasteiger partial charge in [0.1, 0.15) is 0 Å². The van der Waals surface area contributed by atoms with Gasteiger partial charge >= 0.3 is 0 Å². The second-order valence-electron chi connectivity index (χ2n) is 1.78. The Kier molecular flexibility index (Phi) is 2.48. The zero-order valence-electron chi connectivity index (χ0n) is 5.45. The van der Waals surface area contributed by atoms with E-state index < -0.39 is 0 Å². The molecule has 0 aliphatic heterocycles. The number of carbonyl (C=O) groups excluding carboxylic acids is 1. The molecule has 1 heterocycles. The fourth-order valence-electron chi connectivity index (χ4n) is 0.597. The van der Waals surface area contributed by atoms with Gasteiger partial charge in [-0.3, -0.25) is 4.79 Å². The van der Waals surface area contributed by atoms with Gasteiger partial charge in [0, 0.05) is 6.08 Å². The Hall–Kier alpha value is -1.03. The van der Waals surface area contributed by atoms with Gasteiger partial charge in [-0.05, 0) is 28.1 Å². The van der Waals surface area contributed by atoms with Crippen molar-refractivity contribution in [2.75, 3.05) is 0 Å². The number of ketones is 1. The molecule has 0 fully saturated rings. The minimum atomic E-state index is -0.363. The first kappa shape index (κ1) is 8.07. The average molecular weight is 217 g/mol. The average Bonchev–Trinajstić information content (AvgIpc) is 2.36. The van der Waals surface area contributed by atoms with Crippen LogP contribution in [0.1, 0.15) is 10.6 Å². The lowest BCUT2D eigenvalue weighted by atomic mass is 10.3. The second-order valence-corrected chi connectivity index (χ2v) is 2.57. The van der Waals surface area contributed by atoms with Gasteiger partial charge in [-0.25, -0.2) is 0 Å². The standard InChI is InChI=1S/C7H5BrO3/c8-7-2-1-6(11-7)5(10)3-4-9/h1-4,9H/b4-3+. The maximum Gasteiger partial charge on any atom is 0.224 e. The molecule has 0 aliphatic rings. The third kappa shape index (κ3) is 1.94. The molecule has 1 aromatic heterocycles. The number of rotatable bonds is 2. The van der Waals surface area contributed by atoms with E-state index in [-0.39, 0.29) is 11.5 Å². The van der Waals surface area contributed by atoms with Crippen LogP contribution in [0.5, 0.6) is 0 Å². The largest absolute Gasteiger partial charge is 0.515 e. The fourth-order valence-corrected chi connectivity index (χ4v) is 0.903. The number of allylic oxidation sites excluding steroid dienone is 1. The molecule has 1 N–H and O–H groups in total. The lowest BCUT2D eigenvalue weighted by Crippen LogP contribution is -1.89. The van der Waals surface area contributed by atoms with Crippen molar-refractivity contribution in [3.63, 3.8) is 0 Å². The van der Waals surface area contributed by atoms with Gasteiger partial charge in [0.25, 0.3) is 0 Å². The summed E-state index contributed by atoms with van der Waals surface area (Å²) in [4.78, 5) is 10.9. The summed E-state index contributed by atoms with van der Waals surface area (Å²) in [5.74, 6) is -0.166. The van der Waals surface area contributed by atoms with E-state index in [1.165, 1.54) is 6.07 Å². The van der Waals surface area contributed by atoms with E-state index in [4.69, 9.17) is 9.52 Å². The van der Waals surface area contributed by atoms with Crippen molar-refractivity contribution in [2.45, 2.75) is 0 Å². The van der Waals surface area contributed by atoms with Crippen LogP contribution in [-0.4, -0.2) is 10.9 Å². The predicted octanol–water partition coefficient (Wildman–Crippen LogP) is 2.30. The zero-order chi connectivity index (χ0) is 8.27. The Balaban J connectivity index is 2.85. The smallest absolute Gasteiger partial charge is 0.224 e. The van der Waals surface area contributed by atoms with Crippen LogP contribution in [0.25, 0.3) is 0 Å². The van der Waals surface area contributed by atoms with Crippen LogP contribution in [0.3, 0.4) is 0 Å². The monoisotopic (exact) mass is 216 g/mol. The van der Waals surface area contributed by atoms with Crippen molar-refractivity contribution in [3.05, 3.63) is 34.9 Å². The molecule has 0 radical (unpaired) electrons. The SMILES string of the molecule is O=C(/C=C/O)c1ccc(Br)o1. The van der Waals surface area contributed by atoms with Gasteiger partial charge < -0.3 is 9.52 Å². The first-order valence-electron chi connectivity index (χ1n) is 2.84. The molecule has 1 aromatic rings. The summed E-state index contributed by atoms with van der Waals surface area (Å²) in [7, 11) is 0. The van der Waals surface area contributed by atoms with Crippen molar-refractivity contribution >= 4 is 21.7 Å². The molecule has 0 unspecified atom stereocenters. The summed E-state index contributed by atoms with van der Waals surface area (Å²) in [5, 5.41) is 8.25. The molecule has 0 bridgehead atoms. The highest BCUT2D eigenvalue weighted by Crippen LogP contribution is 2.14. The van der Waals surface area contributed by atoms with Crippen molar-refractivity contribution < 1.29 is 14.3 Å². The minimum Gasteiger partial charge on any atom is -0.515 e. The van der Waals surface area contributed by atoms with Crippen LogP contribution in [0.2, 0.25) is 0 Å². The molecule has 0 amide bonds. The van der Waals surface area contributed by atoms with Gasteiger partial charge in [0.2, 0.25) is 5.78 Å². The van der Waals surface area contributed by atoms with Crippen LogP contribution in [0, 0.1) is 0 Å². The zero-order valence-corrected chi connectivity index (χ0v) is 7.04. The Labute approximate surface area is 71.5 Å². The Bertz CT molecular complexity index is 288. The quantitative estimate of drug-likeness (QED) is 0.469. The Morgan fingerprint density at radius 3 is 2.82 bits per heavy atom. The van der Waals surface area contributed by atoms with Gasteiger partial charge in [0.05, 0.1) is 6.26 Å². The van der Waals surface area contributed by atoms with Gasteiger partial charge in [0.15, 0.2) is 10.4 Å². The van der Waals surface area contributed by atoms with Crippen molar-refractivity contribution in [1.82, 2.24) is 0 Å². The van der Waals surface area contributed by atoms with E-state index in [0.29, 0.717) is 10.9 Å². The molecule has 3 nitrogen and oxygen atoms in total. The van der Waals surface area contributed by atoms with E-state index in [1.807, 2.05) is 0 Å². The normalized spacial score (nSPS) is 10.6. The summed E-state index contributed by atoms with van der Waals surface area (Å²) in [6.45, 7) is 0. The summed E-state index contributed by atoms with van der Waals surface area (Å²) in [6, 6.07) is 3.13. The molecule has 0 aromatic carbocycles. The van der Waals surface area contributed by atoms with Crippen molar-refractivity contribution in [2.24, 2.45) is 0 Å². The topological polar surface area (TPSA) is 50.4 Å². The predicted molar refractivity (Wildman–Crippen MR) is 42.5 cm³/mol. The maximum atomic E-state index is 10.9. The number of carbonyl (C=O) groups is 1. The third-order valence-corrected chi connectivity index (χ3v) is 1.47. The molecule has 0 atom stereocenters. The second kappa shape index (κ2) is 3.39. The van der Waals surface area contributed by atoms with Gasteiger partial charge in [-0.15, -0.1) is 0 Å². The maximum absolute atomic E-state index is 10.9. The molecule has 4 heteroatoms. The number of halogens is 1. The van der Waals surface area contributed by atoms with Gasteiger partial charge in [-0.1, -0.05) is 0 Å². The van der Waals surface area contributed by atoms with E-state index in [2.05, 4.69) is 15.9 Å². The van der Waals surface area contributed by atoms with E-state index in [1.54, 1.807) is 6.07 Å². The summed E-state index contributed by atoms with van der Waals surface area (Å²) in [6.07, 6.45) is 1.70. The minimum absolute atomic E-state index is 0.196. The molecule has 1 rings (SSSR count). The van der Waals surface area contributed by atoms with Crippen LogP contribution in [0.4, 0.5) is 0 Å². The summed E-state index contributed by atoms with van der Waals surface area (Å²) >= 11 is 3.05. The number of aliphatic hydroxyl groups excluding tert-OH is 1. The molecule has 11 heavy (non-hydrogen) atoms.